The number of benzene rings is 4. The molecule has 0 spiro atoms. The molecule has 312 valence electrons. The maximum absolute atomic E-state index is 14.6. The fourth-order valence-electron chi connectivity index (χ4n) is 6.96. The molecule has 0 fully saturated rings. The van der Waals surface area contributed by atoms with Crippen LogP contribution < -0.4 is 5.32 Å². The van der Waals surface area contributed by atoms with Crippen LogP contribution in [-0.2, 0) is 38.4 Å². The van der Waals surface area contributed by atoms with Crippen LogP contribution in [0.4, 0.5) is 26.3 Å². The molecule has 4 aromatic carbocycles. The summed E-state index contributed by atoms with van der Waals surface area (Å²) in [6.07, 6.45) is -11.6. The molecule has 4 rings (SSSR count). The Hall–Kier alpha value is -4.00. The summed E-state index contributed by atoms with van der Waals surface area (Å²) in [4.78, 5) is -0.141. The smallest absolute Gasteiger partial charge is 0.420 e. The van der Waals surface area contributed by atoms with E-state index < -0.39 is 96.9 Å². The predicted molar refractivity (Wildman–Crippen MR) is 201 cm³/mol. The topological polar surface area (TPSA) is 161 Å². The van der Waals surface area contributed by atoms with E-state index in [-0.39, 0.29) is 52.5 Å². The van der Waals surface area contributed by atoms with Crippen LogP contribution in [0, 0.1) is 0 Å². The number of aromatic hydroxyl groups is 1. The van der Waals surface area contributed by atoms with Gasteiger partial charge in [-0.15, -0.1) is 0 Å². The van der Waals surface area contributed by atoms with E-state index in [4.69, 9.17) is 5.11 Å². The third-order valence-corrected chi connectivity index (χ3v) is 13.4. The first-order valence-corrected chi connectivity index (χ1v) is 21.3. The highest BCUT2D eigenvalue weighted by Crippen LogP contribution is 2.47. The second kappa shape index (κ2) is 18.7. The normalized spacial score (nSPS) is 15.5. The van der Waals surface area contributed by atoms with Crippen molar-refractivity contribution in [1.82, 2.24) is 5.32 Å². The molecule has 0 bridgehead atoms. The van der Waals surface area contributed by atoms with Crippen LogP contribution in [0.5, 0.6) is 5.75 Å². The third-order valence-electron chi connectivity index (χ3n) is 9.74. The van der Waals surface area contributed by atoms with Crippen molar-refractivity contribution in [2.75, 3.05) is 24.7 Å². The Morgan fingerprint density at radius 3 is 1.72 bits per heavy atom. The molecule has 0 aliphatic heterocycles. The van der Waals surface area contributed by atoms with E-state index in [0.29, 0.717) is 5.56 Å². The van der Waals surface area contributed by atoms with Crippen molar-refractivity contribution in [3.05, 3.63) is 124 Å². The number of hydrogen-bond acceptors (Lipinski definition) is 9. The molecule has 9 nitrogen and oxygen atoms in total. The van der Waals surface area contributed by atoms with Crippen LogP contribution in [0.3, 0.4) is 0 Å². The Morgan fingerprint density at radius 1 is 0.684 bits per heavy atom. The summed E-state index contributed by atoms with van der Waals surface area (Å²) in [5.74, 6) is -4.24. The van der Waals surface area contributed by atoms with Gasteiger partial charge in [0, 0.05) is 31.2 Å². The molecular formula is C40H45F6NO8S2. The Bertz CT molecular complexity index is 2160. The van der Waals surface area contributed by atoms with E-state index >= 15 is 0 Å². The van der Waals surface area contributed by atoms with E-state index in [2.05, 4.69) is 5.32 Å². The molecule has 4 aromatic rings. The number of aliphatic hydroxyl groups excluding tert-OH is 3. The molecule has 0 heterocycles. The second-order valence-electron chi connectivity index (χ2n) is 13.9. The van der Waals surface area contributed by atoms with Crippen LogP contribution in [-0.4, -0.2) is 74.1 Å². The zero-order chi connectivity index (χ0) is 42.3. The van der Waals surface area contributed by atoms with Gasteiger partial charge in [-0.1, -0.05) is 55.5 Å². The van der Waals surface area contributed by atoms with Crippen LogP contribution in [0.1, 0.15) is 78.0 Å². The van der Waals surface area contributed by atoms with Crippen LogP contribution in [0.2, 0.25) is 0 Å². The molecule has 17 heteroatoms. The third kappa shape index (κ3) is 11.6. The average molecular weight is 846 g/mol. The Labute approximate surface area is 327 Å². The fourth-order valence-corrected chi connectivity index (χ4v) is 9.55. The largest absolute Gasteiger partial charge is 0.507 e. The monoisotopic (exact) mass is 845 g/mol. The van der Waals surface area contributed by atoms with Gasteiger partial charge in [-0.3, -0.25) is 0 Å². The highest BCUT2D eigenvalue weighted by atomic mass is 32.2. The molecule has 0 radical (unpaired) electrons. The Kier molecular flexibility index (Phi) is 15.0. The summed E-state index contributed by atoms with van der Waals surface area (Å²) < 4.78 is 136. The SMILES string of the molecule is CC(Cc1ccc(S(=O)(=O)CCCO)cc1)NC(C(O)c1cccc(C(F)(F)F)c1)C(c1ccc(S(=O)(=O)CCCO)cc1)C(C)c1cccc(O)c1C(F)(F)F. The van der Waals surface area contributed by atoms with Gasteiger partial charge in [0.15, 0.2) is 19.7 Å². The number of aliphatic hydroxyl groups is 3. The van der Waals surface area contributed by atoms with Gasteiger partial charge in [0.25, 0.3) is 0 Å². The molecule has 0 aliphatic rings. The molecule has 0 aromatic heterocycles. The standard InChI is InChI=1S/C40H45F6NO8S2/c1-25(23-27-11-15-31(16-12-27)56(52,53)21-5-19-48)47-37(38(51)29-7-3-8-30(24-29)39(41,42)43)35(26(2)33-9-4-10-34(50)36(33)40(44,45)46)28-13-17-32(18-14-28)57(54,55)22-6-20-49/h3-4,7-18,24-26,35,37-38,47-51H,5-6,19-23H2,1-2H3. The van der Waals surface area contributed by atoms with Crippen molar-refractivity contribution in [2.24, 2.45) is 0 Å². The van der Waals surface area contributed by atoms with Crippen molar-refractivity contribution in [3.63, 3.8) is 0 Å². The van der Waals surface area contributed by atoms with Crippen molar-refractivity contribution < 1.29 is 63.6 Å². The van der Waals surface area contributed by atoms with E-state index in [1.807, 2.05) is 0 Å². The number of sulfone groups is 2. The summed E-state index contributed by atoms with van der Waals surface area (Å²) in [7, 11) is -7.59. The molecule has 57 heavy (non-hydrogen) atoms. The zero-order valence-electron chi connectivity index (χ0n) is 31.0. The van der Waals surface area contributed by atoms with Gasteiger partial charge in [0.1, 0.15) is 11.3 Å². The first-order valence-electron chi connectivity index (χ1n) is 18.0. The fraction of sp³-hybridized carbons (Fsp3) is 0.400. The highest BCUT2D eigenvalue weighted by molar-refractivity contribution is 7.91. The highest BCUT2D eigenvalue weighted by Gasteiger charge is 2.42. The number of hydrogen-bond donors (Lipinski definition) is 5. The average Bonchev–Trinajstić information content (AvgIpc) is 3.15. The molecule has 5 N–H and O–H groups in total. The van der Waals surface area contributed by atoms with Crippen molar-refractivity contribution >= 4 is 19.7 Å². The second-order valence-corrected chi connectivity index (χ2v) is 18.1. The van der Waals surface area contributed by atoms with Gasteiger partial charge in [-0.05, 0) is 96.8 Å². The molecule has 0 amide bonds. The van der Waals surface area contributed by atoms with Gasteiger partial charge in [-0.25, -0.2) is 16.8 Å². The molecule has 0 saturated carbocycles. The van der Waals surface area contributed by atoms with E-state index in [0.717, 1.165) is 30.3 Å². The van der Waals surface area contributed by atoms with Crippen molar-refractivity contribution in [1.29, 1.82) is 0 Å². The first kappa shape index (κ1) is 45.7. The van der Waals surface area contributed by atoms with Gasteiger partial charge < -0.3 is 25.7 Å². The minimum atomic E-state index is -5.06. The van der Waals surface area contributed by atoms with E-state index in [1.165, 1.54) is 55.5 Å². The van der Waals surface area contributed by atoms with Gasteiger partial charge in [0.05, 0.1) is 33.0 Å². The first-order chi connectivity index (χ1) is 26.6. The minimum absolute atomic E-state index is 0.0143. The summed E-state index contributed by atoms with van der Waals surface area (Å²) in [6, 6.07) is 16.0. The lowest BCUT2D eigenvalue weighted by Crippen LogP contribution is -2.47. The van der Waals surface area contributed by atoms with E-state index in [9.17, 15) is 58.5 Å². The van der Waals surface area contributed by atoms with Gasteiger partial charge in [-0.2, -0.15) is 26.3 Å². The van der Waals surface area contributed by atoms with Gasteiger partial charge >= 0.3 is 12.4 Å². The summed E-state index contributed by atoms with van der Waals surface area (Å²) >= 11 is 0. The lowest BCUT2D eigenvalue weighted by atomic mass is 9.73. The maximum atomic E-state index is 14.6. The number of nitrogens with one attached hydrogen (secondary N) is 1. The lowest BCUT2D eigenvalue weighted by molar-refractivity contribution is -0.139. The number of phenolic OH excluding ortho intramolecular Hbond substituents is 1. The van der Waals surface area contributed by atoms with Crippen LogP contribution >= 0.6 is 0 Å². The van der Waals surface area contributed by atoms with Crippen molar-refractivity contribution in [2.45, 2.75) is 85.3 Å². The van der Waals surface area contributed by atoms with Gasteiger partial charge in [0.2, 0.25) is 0 Å². The Balaban J connectivity index is 1.89. The molecule has 0 saturated heterocycles. The summed E-state index contributed by atoms with van der Waals surface area (Å²) in [6.45, 7) is 2.35. The molecule has 5 unspecified atom stereocenters. The molecule has 0 aliphatic carbocycles. The molecule has 5 atom stereocenters. The van der Waals surface area contributed by atoms with Crippen LogP contribution in [0.25, 0.3) is 0 Å². The number of halogens is 6. The minimum Gasteiger partial charge on any atom is -0.507 e. The molecular weight excluding hydrogens is 801 g/mol. The predicted octanol–water partition coefficient (Wildman–Crippen LogP) is 6.95. The maximum Gasteiger partial charge on any atom is 0.420 e. The quantitative estimate of drug-likeness (QED) is 0.0668. The van der Waals surface area contributed by atoms with Crippen molar-refractivity contribution in [3.8, 4) is 5.75 Å². The zero-order valence-corrected chi connectivity index (χ0v) is 32.6. The lowest BCUT2D eigenvalue weighted by Gasteiger charge is -2.39. The summed E-state index contributed by atoms with van der Waals surface area (Å²) in [5.41, 5.74) is -2.28. The Morgan fingerprint density at radius 2 is 1.21 bits per heavy atom. The van der Waals surface area contributed by atoms with Crippen LogP contribution in [0.15, 0.2) is 101 Å². The number of rotatable bonds is 18. The number of alkyl halides is 6. The summed E-state index contributed by atoms with van der Waals surface area (Å²) in [5, 5.41) is 44.0. The van der Waals surface area contributed by atoms with E-state index in [1.54, 1.807) is 19.1 Å². The number of phenols is 1.